The number of pyridine rings is 1. The molecule has 0 saturated heterocycles. The molecule has 2 nitrogen and oxygen atoms in total. The van der Waals surface area contributed by atoms with Gasteiger partial charge in [0.05, 0.1) is 5.69 Å². The van der Waals surface area contributed by atoms with E-state index in [1.54, 1.807) is 12.1 Å². The maximum Gasteiger partial charge on any atom is 0.248 e. The van der Waals surface area contributed by atoms with Crippen molar-refractivity contribution in [1.82, 2.24) is 4.98 Å². The van der Waals surface area contributed by atoms with Crippen molar-refractivity contribution in [3.05, 3.63) is 34.2 Å². The van der Waals surface area contributed by atoms with Crippen LogP contribution >= 0.6 is 0 Å². The number of aromatic amines is 1. The van der Waals surface area contributed by atoms with Gasteiger partial charge in [0.25, 0.3) is 0 Å². The molecular formula is C7H5NO. The minimum Gasteiger partial charge on any atom is -0.315 e. The number of terminal acetylenes is 1. The first-order valence-electron chi connectivity index (χ1n) is 2.49. The van der Waals surface area contributed by atoms with Gasteiger partial charge in [-0.1, -0.05) is 12.0 Å². The summed E-state index contributed by atoms with van der Waals surface area (Å²) in [5.74, 6) is 2.31. The van der Waals surface area contributed by atoms with Crippen molar-refractivity contribution in [2.45, 2.75) is 0 Å². The Balaban J connectivity index is 3.28. The normalized spacial score (nSPS) is 8.33. The highest BCUT2D eigenvalue weighted by Crippen LogP contribution is 1.82. The smallest absolute Gasteiger partial charge is 0.248 e. The van der Waals surface area contributed by atoms with Crippen molar-refractivity contribution in [3.63, 3.8) is 0 Å². The Morgan fingerprint density at radius 3 is 2.78 bits per heavy atom. The molecule has 1 heterocycles. The van der Waals surface area contributed by atoms with Crippen LogP contribution in [0.3, 0.4) is 0 Å². The summed E-state index contributed by atoms with van der Waals surface area (Å²) >= 11 is 0. The molecule has 0 fully saturated rings. The lowest BCUT2D eigenvalue weighted by molar-refractivity contribution is 1.21. The molecule has 0 unspecified atom stereocenters. The SMILES string of the molecule is C#Cc1cccc(=O)[nH]1. The van der Waals surface area contributed by atoms with Crippen LogP contribution in [-0.4, -0.2) is 4.98 Å². The van der Waals surface area contributed by atoms with Gasteiger partial charge in [-0.2, -0.15) is 0 Å². The highest BCUT2D eigenvalue weighted by atomic mass is 16.1. The molecule has 9 heavy (non-hydrogen) atoms. The summed E-state index contributed by atoms with van der Waals surface area (Å²) in [7, 11) is 0. The molecule has 2 heteroatoms. The number of nitrogens with one attached hydrogen (secondary N) is 1. The van der Waals surface area contributed by atoms with Crippen molar-refractivity contribution >= 4 is 0 Å². The summed E-state index contributed by atoms with van der Waals surface area (Å²) in [6.45, 7) is 0. The van der Waals surface area contributed by atoms with Crippen LogP contribution in [0.1, 0.15) is 5.69 Å². The fraction of sp³-hybridized carbons (Fsp3) is 0. The van der Waals surface area contributed by atoms with E-state index in [9.17, 15) is 4.79 Å². The Hall–Kier alpha value is -1.49. The van der Waals surface area contributed by atoms with Gasteiger partial charge in [0, 0.05) is 6.07 Å². The summed E-state index contributed by atoms with van der Waals surface area (Å²) in [6, 6.07) is 4.70. The van der Waals surface area contributed by atoms with E-state index in [2.05, 4.69) is 10.9 Å². The summed E-state index contributed by atoms with van der Waals surface area (Å²) < 4.78 is 0. The largest absolute Gasteiger partial charge is 0.315 e. The van der Waals surface area contributed by atoms with Gasteiger partial charge in [-0.05, 0) is 6.07 Å². The first-order valence-corrected chi connectivity index (χ1v) is 2.49. The molecule has 0 aromatic carbocycles. The van der Waals surface area contributed by atoms with E-state index in [4.69, 9.17) is 6.42 Å². The predicted molar refractivity (Wildman–Crippen MR) is 35.0 cm³/mol. The zero-order valence-electron chi connectivity index (χ0n) is 4.72. The molecule has 1 rings (SSSR count). The third kappa shape index (κ3) is 1.20. The second kappa shape index (κ2) is 2.19. The van der Waals surface area contributed by atoms with E-state index < -0.39 is 0 Å². The summed E-state index contributed by atoms with van der Waals surface area (Å²) in [5.41, 5.74) is 0.355. The molecule has 0 bridgehead atoms. The molecule has 0 saturated carbocycles. The molecular weight excluding hydrogens is 114 g/mol. The molecule has 0 aliphatic carbocycles. The van der Waals surface area contributed by atoms with E-state index >= 15 is 0 Å². The lowest BCUT2D eigenvalue weighted by Crippen LogP contribution is -2.03. The average molecular weight is 119 g/mol. The first-order chi connectivity index (χ1) is 4.33. The molecule has 0 atom stereocenters. The van der Waals surface area contributed by atoms with Crippen molar-refractivity contribution in [3.8, 4) is 12.3 Å². The van der Waals surface area contributed by atoms with Gasteiger partial charge in [0.1, 0.15) is 0 Å². The van der Waals surface area contributed by atoms with Gasteiger partial charge in [-0.25, -0.2) is 0 Å². The van der Waals surface area contributed by atoms with Crippen LogP contribution in [-0.2, 0) is 0 Å². The van der Waals surface area contributed by atoms with Crippen LogP contribution in [0.4, 0.5) is 0 Å². The Morgan fingerprint density at radius 1 is 1.56 bits per heavy atom. The molecule has 1 aromatic heterocycles. The van der Waals surface area contributed by atoms with Gasteiger partial charge in [0.15, 0.2) is 0 Å². The summed E-state index contributed by atoms with van der Waals surface area (Å²) in [5, 5.41) is 0. The lowest BCUT2D eigenvalue weighted by atomic mass is 10.4. The number of aromatic nitrogens is 1. The molecule has 0 spiro atoms. The van der Waals surface area contributed by atoms with Crippen LogP contribution in [0.15, 0.2) is 23.0 Å². The van der Waals surface area contributed by atoms with E-state index in [-0.39, 0.29) is 5.56 Å². The zero-order chi connectivity index (χ0) is 6.69. The molecule has 44 valence electrons. The number of H-pyrrole nitrogens is 1. The standard InChI is InChI=1S/C7H5NO/c1-2-6-4-3-5-7(9)8-6/h1,3-5H,(H,8,9). The number of rotatable bonds is 0. The Labute approximate surface area is 52.5 Å². The molecule has 1 aromatic rings. The predicted octanol–water partition coefficient (Wildman–Crippen LogP) is 0.356. The Bertz CT molecular complexity index is 292. The maximum atomic E-state index is 10.5. The molecule has 0 radical (unpaired) electrons. The minimum absolute atomic E-state index is 0.162. The number of hydrogen-bond donors (Lipinski definition) is 1. The minimum atomic E-state index is -0.162. The van der Waals surface area contributed by atoms with Crippen molar-refractivity contribution < 1.29 is 0 Å². The van der Waals surface area contributed by atoms with Gasteiger partial charge >= 0.3 is 0 Å². The highest BCUT2D eigenvalue weighted by molar-refractivity contribution is 5.22. The molecule has 1 N–H and O–H groups in total. The summed E-state index contributed by atoms with van der Waals surface area (Å²) in [6.07, 6.45) is 5.00. The lowest BCUT2D eigenvalue weighted by Gasteiger charge is -1.84. The number of hydrogen-bond acceptors (Lipinski definition) is 1. The topological polar surface area (TPSA) is 32.9 Å². The van der Waals surface area contributed by atoms with Crippen molar-refractivity contribution in [2.24, 2.45) is 0 Å². The molecule has 0 amide bonds. The van der Waals surface area contributed by atoms with E-state index in [0.29, 0.717) is 5.69 Å². The van der Waals surface area contributed by atoms with Gasteiger partial charge in [-0.3, -0.25) is 4.79 Å². The van der Waals surface area contributed by atoms with Gasteiger partial charge in [-0.15, -0.1) is 6.42 Å². The highest BCUT2D eigenvalue weighted by Gasteiger charge is 1.82. The van der Waals surface area contributed by atoms with E-state index in [0.717, 1.165) is 0 Å². The zero-order valence-corrected chi connectivity index (χ0v) is 4.72. The van der Waals surface area contributed by atoms with E-state index in [1.165, 1.54) is 6.07 Å². The second-order valence-corrected chi connectivity index (χ2v) is 1.57. The average Bonchev–Trinajstić information content (AvgIpc) is 1.88. The van der Waals surface area contributed by atoms with Gasteiger partial charge < -0.3 is 4.98 Å². The second-order valence-electron chi connectivity index (χ2n) is 1.57. The van der Waals surface area contributed by atoms with Crippen LogP contribution in [0.2, 0.25) is 0 Å². The Morgan fingerprint density at radius 2 is 2.33 bits per heavy atom. The van der Waals surface area contributed by atoms with E-state index in [1.807, 2.05) is 0 Å². The van der Waals surface area contributed by atoms with Crippen LogP contribution in [0.5, 0.6) is 0 Å². The molecule has 0 aliphatic rings. The molecule has 0 aliphatic heterocycles. The van der Waals surface area contributed by atoms with Crippen LogP contribution in [0.25, 0.3) is 0 Å². The van der Waals surface area contributed by atoms with Crippen molar-refractivity contribution in [1.29, 1.82) is 0 Å². The quantitative estimate of drug-likeness (QED) is 0.491. The fourth-order valence-electron chi connectivity index (χ4n) is 0.532. The fourth-order valence-corrected chi connectivity index (χ4v) is 0.532. The van der Waals surface area contributed by atoms with Crippen LogP contribution in [0, 0.1) is 12.3 Å². The third-order valence-corrected chi connectivity index (χ3v) is 0.924. The van der Waals surface area contributed by atoms with Crippen LogP contribution < -0.4 is 5.56 Å². The van der Waals surface area contributed by atoms with Gasteiger partial charge in [0.2, 0.25) is 5.56 Å². The third-order valence-electron chi connectivity index (χ3n) is 0.924. The monoisotopic (exact) mass is 119 g/mol. The Kier molecular flexibility index (Phi) is 1.37. The van der Waals surface area contributed by atoms with Crippen molar-refractivity contribution in [2.75, 3.05) is 0 Å². The maximum absolute atomic E-state index is 10.5. The summed E-state index contributed by atoms with van der Waals surface area (Å²) in [4.78, 5) is 13.0. The first kappa shape index (κ1) is 5.64.